The Kier molecular flexibility index (Phi) is 6.04. The van der Waals surface area contributed by atoms with E-state index in [0.717, 1.165) is 19.1 Å². The predicted octanol–water partition coefficient (Wildman–Crippen LogP) is -0.0931. The van der Waals surface area contributed by atoms with Crippen molar-refractivity contribution in [1.82, 2.24) is 9.21 Å². The molecular formula is C11H22N2O4S. The van der Waals surface area contributed by atoms with Gasteiger partial charge >= 0.3 is 0 Å². The first kappa shape index (κ1) is 15.4. The fraction of sp³-hybridized carbons (Fsp3) is 0.909. The van der Waals surface area contributed by atoms with Crippen LogP contribution in [-0.2, 0) is 19.6 Å². The van der Waals surface area contributed by atoms with Crippen LogP contribution < -0.4 is 0 Å². The first-order valence-electron chi connectivity index (χ1n) is 6.25. The van der Waals surface area contributed by atoms with E-state index in [2.05, 4.69) is 0 Å². The summed E-state index contributed by atoms with van der Waals surface area (Å²) < 4.78 is 29.6. The van der Waals surface area contributed by atoms with Gasteiger partial charge in [-0.2, -0.15) is 4.31 Å². The van der Waals surface area contributed by atoms with Crippen molar-refractivity contribution < 1.29 is 17.9 Å². The molecule has 0 aliphatic carbocycles. The molecule has 1 fully saturated rings. The molecule has 1 aliphatic rings. The Morgan fingerprint density at radius 2 is 1.94 bits per heavy atom. The molecule has 0 aromatic rings. The predicted molar refractivity (Wildman–Crippen MR) is 68.7 cm³/mol. The Morgan fingerprint density at radius 3 is 2.44 bits per heavy atom. The molecule has 0 saturated carbocycles. The van der Waals surface area contributed by atoms with Gasteiger partial charge in [-0.1, -0.05) is 13.3 Å². The summed E-state index contributed by atoms with van der Waals surface area (Å²) in [6, 6.07) is 0. The highest BCUT2D eigenvalue weighted by Gasteiger charge is 2.24. The molecule has 0 aromatic carbocycles. The highest BCUT2D eigenvalue weighted by Crippen LogP contribution is 2.05. The molecule has 106 valence electrons. The van der Waals surface area contributed by atoms with Crippen LogP contribution >= 0.6 is 0 Å². The monoisotopic (exact) mass is 278 g/mol. The van der Waals surface area contributed by atoms with Crippen LogP contribution in [0.3, 0.4) is 0 Å². The summed E-state index contributed by atoms with van der Waals surface area (Å²) in [6.07, 6.45) is 2.82. The van der Waals surface area contributed by atoms with Crippen molar-refractivity contribution in [1.29, 1.82) is 0 Å². The number of unbranched alkanes of at least 4 members (excludes halogenated alkanes) is 1. The van der Waals surface area contributed by atoms with Gasteiger partial charge in [-0.3, -0.25) is 4.79 Å². The molecule has 0 bridgehead atoms. The van der Waals surface area contributed by atoms with Crippen molar-refractivity contribution in [3.8, 4) is 0 Å². The zero-order valence-corrected chi connectivity index (χ0v) is 11.9. The lowest BCUT2D eigenvalue weighted by Crippen LogP contribution is -2.47. The second-order valence-electron chi connectivity index (χ2n) is 4.44. The molecule has 1 amide bonds. The standard InChI is InChI=1S/C11H22N2O4S/c1-3-4-5-13(18(2,15)16)10-11(14)12-6-8-17-9-7-12/h3-10H2,1-2H3. The van der Waals surface area contributed by atoms with Crippen molar-refractivity contribution in [2.24, 2.45) is 0 Å². The fourth-order valence-corrected chi connectivity index (χ4v) is 2.57. The van der Waals surface area contributed by atoms with Gasteiger partial charge in [-0.25, -0.2) is 8.42 Å². The molecule has 7 heteroatoms. The van der Waals surface area contributed by atoms with Crippen LogP contribution in [0.1, 0.15) is 19.8 Å². The van der Waals surface area contributed by atoms with E-state index in [1.165, 1.54) is 4.31 Å². The van der Waals surface area contributed by atoms with Crippen LogP contribution in [0.25, 0.3) is 0 Å². The second-order valence-corrected chi connectivity index (χ2v) is 6.43. The van der Waals surface area contributed by atoms with Gasteiger partial charge in [0.1, 0.15) is 0 Å². The number of hydrogen-bond donors (Lipinski definition) is 0. The number of carbonyl (C=O) groups excluding carboxylic acids is 1. The third kappa shape index (κ3) is 4.91. The van der Waals surface area contributed by atoms with Crippen LogP contribution in [0.2, 0.25) is 0 Å². The minimum Gasteiger partial charge on any atom is -0.378 e. The maximum Gasteiger partial charge on any atom is 0.238 e. The maximum absolute atomic E-state index is 12.0. The number of ether oxygens (including phenoxy) is 1. The molecule has 0 N–H and O–H groups in total. The normalized spacial score (nSPS) is 17.2. The van der Waals surface area contributed by atoms with Crippen molar-refractivity contribution >= 4 is 15.9 Å². The zero-order valence-electron chi connectivity index (χ0n) is 11.1. The summed E-state index contributed by atoms with van der Waals surface area (Å²) in [5, 5.41) is 0. The summed E-state index contributed by atoms with van der Waals surface area (Å²) in [4.78, 5) is 13.6. The van der Waals surface area contributed by atoms with Gasteiger partial charge in [0.15, 0.2) is 0 Å². The number of nitrogens with zero attached hydrogens (tertiary/aromatic N) is 2. The van der Waals surface area contributed by atoms with Gasteiger partial charge in [-0.15, -0.1) is 0 Å². The molecule has 0 atom stereocenters. The minimum absolute atomic E-state index is 0.0567. The Morgan fingerprint density at radius 1 is 1.33 bits per heavy atom. The molecule has 1 rings (SSSR count). The zero-order chi connectivity index (χ0) is 13.6. The number of morpholine rings is 1. The number of amides is 1. The average molecular weight is 278 g/mol. The second kappa shape index (κ2) is 7.06. The molecule has 1 saturated heterocycles. The van der Waals surface area contributed by atoms with Gasteiger partial charge in [0.2, 0.25) is 15.9 Å². The quantitative estimate of drug-likeness (QED) is 0.681. The van der Waals surface area contributed by atoms with E-state index in [4.69, 9.17) is 4.74 Å². The SMILES string of the molecule is CCCCN(CC(=O)N1CCOCC1)S(C)(=O)=O. The van der Waals surface area contributed by atoms with Crippen molar-refractivity contribution in [3.05, 3.63) is 0 Å². The molecule has 1 heterocycles. The summed E-state index contributed by atoms with van der Waals surface area (Å²) in [7, 11) is -3.32. The molecule has 1 aliphatic heterocycles. The van der Waals surface area contributed by atoms with E-state index < -0.39 is 10.0 Å². The molecule has 0 spiro atoms. The largest absolute Gasteiger partial charge is 0.378 e. The first-order chi connectivity index (χ1) is 8.45. The van der Waals surface area contributed by atoms with Crippen molar-refractivity contribution in [2.45, 2.75) is 19.8 Å². The first-order valence-corrected chi connectivity index (χ1v) is 8.10. The Labute approximate surface area is 109 Å². The van der Waals surface area contributed by atoms with Gasteiger partial charge in [0, 0.05) is 19.6 Å². The lowest BCUT2D eigenvalue weighted by Gasteiger charge is -2.29. The van der Waals surface area contributed by atoms with Crippen LogP contribution in [0, 0.1) is 0 Å². The highest BCUT2D eigenvalue weighted by atomic mass is 32.2. The smallest absolute Gasteiger partial charge is 0.238 e. The van der Waals surface area contributed by atoms with Crippen LogP contribution in [-0.4, -0.2) is 69.2 Å². The third-order valence-electron chi connectivity index (χ3n) is 2.91. The van der Waals surface area contributed by atoms with E-state index in [0.29, 0.717) is 32.8 Å². The van der Waals surface area contributed by atoms with Gasteiger partial charge in [-0.05, 0) is 6.42 Å². The van der Waals surface area contributed by atoms with Crippen molar-refractivity contribution in [3.63, 3.8) is 0 Å². The molecule has 0 aromatic heterocycles. The van der Waals surface area contributed by atoms with Crippen LogP contribution in [0.15, 0.2) is 0 Å². The number of carbonyl (C=O) groups is 1. The van der Waals surface area contributed by atoms with E-state index >= 15 is 0 Å². The highest BCUT2D eigenvalue weighted by molar-refractivity contribution is 7.88. The molecule has 0 radical (unpaired) electrons. The summed E-state index contributed by atoms with van der Waals surface area (Å²) >= 11 is 0. The lowest BCUT2D eigenvalue weighted by atomic mass is 10.3. The Balaban J connectivity index is 2.56. The topological polar surface area (TPSA) is 66.9 Å². The number of sulfonamides is 1. The number of rotatable bonds is 6. The van der Waals surface area contributed by atoms with Crippen molar-refractivity contribution in [2.75, 3.05) is 45.6 Å². The molecule has 18 heavy (non-hydrogen) atoms. The lowest BCUT2D eigenvalue weighted by molar-refractivity contribution is -0.135. The molecule has 0 unspecified atom stereocenters. The van der Waals surface area contributed by atoms with Gasteiger partial charge in [0.25, 0.3) is 0 Å². The van der Waals surface area contributed by atoms with Crippen LogP contribution in [0.4, 0.5) is 0 Å². The van der Waals surface area contributed by atoms with E-state index in [9.17, 15) is 13.2 Å². The number of hydrogen-bond acceptors (Lipinski definition) is 4. The summed E-state index contributed by atoms with van der Waals surface area (Å²) in [5.74, 6) is -0.139. The summed E-state index contributed by atoms with van der Waals surface area (Å²) in [6.45, 7) is 4.49. The van der Waals surface area contributed by atoms with Gasteiger partial charge < -0.3 is 9.64 Å². The van der Waals surface area contributed by atoms with E-state index in [1.807, 2.05) is 6.92 Å². The third-order valence-corrected chi connectivity index (χ3v) is 4.16. The minimum atomic E-state index is -3.32. The average Bonchev–Trinajstić information content (AvgIpc) is 2.34. The Hall–Kier alpha value is -0.660. The fourth-order valence-electron chi connectivity index (χ4n) is 1.76. The summed E-state index contributed by atoms with van der Waals surface area (Å²) in [5.41, 5.74) is 0. The van der Waals surface area contributed by atoms with Crippen LogP contribution in [0.5, 0.6) is 0 Å². The molecular weight excluding hydrogens is 256 g/mol. The van der Waals surface area contributed by atoms with E-state index in [-0.39, 0.29) is 12.5 Å². The molecule has 6 nitrogen and oxygen atoms in total. The van der Waals surface area contributed by atoms with Gasteiger partial charge in [0.05, 0.1) is 26.0 Å². The van der Waals surface area contributed by atoms with E-state index in [1.54, 1.807) is 4.90 Å². The Bertz CT molecular complexity index is 363. The maximum atomic E-state index is 12.0.